The Kier molecular flexibility index (Phi) is 7.19. The van der Waals surface area contributed by atoms with Gasteiger partial charge in [-0.3, -0.25) is 14.7 Å². The molecular formula is C26H28FN3O3. The van der Waals surface area contributed by atoms with Crippen LogP contribution in [0.4, 0.5) is 4.39 Å². The number of hydrogen-bond donors (Lipinski definition) is 1. The number of methoxy groups -OCH3 is 2. The Hall–Kier alpha value is -3.45. The number of nitrogens with one attached hydrogen (secondary N) is 1. The van der Waals surface area contributed by atoms with E-state index in [4.69, 9.17) is 9.47 Å². The standard InChI is InChI=1S/C26H28FN3O3/c1-32-24-8-4-6-20(25(24)33-2)17-30-13-11-22(12-14-30)29-26(31)19-9-10-23(28-16-19)18-5-3-7-21(27)15-18/h3-10,15-16,22H,11-14,17H2,1-2H3,(H,29,31). The fraction of sp³-hybridized carbons (Fsp3) is 0.308. The summed E-state index contributed by atoms with van der Waals surface area (Å²) in [5.41, 5.74) is 2.90. The second-order valence-corrected chi connectivity index (χ2v) is 8.12. The van der Waals surface area contributed by atoms with Gasteiger partial charge in [0.05, 0.1) is 25.5 Å². The molecule has 1 aliphatic heterocycles. The zero-order valence-corrected chi connectivity index (χ0v) is 18.9. The molecule has 2 aromatic carbocycles. The highest BCUT2D eigenvalue weighted by Gasteiger charge is 2.22. The summed E-state index contributed by atoms with van der Waals surface area (Å²) >= 11 is 0. The van der Waals surface area contributed by atoms with E-state index in [9.17, 15) is 9.18 Å². The van der Waals surface area contributed by atoms with E-state index >= 15 is 0 Å². The first-order valence-corrected chi connectivity index (χ1v) is 11.0. The molecule has 1 saturated heterocycles. The van der Waals surface area contributed by atoms with Crippen LogP contribution in [-0.2, 0) is 6.54 Å². The molecule has 1 aliphatic rings. The average Bonchev–Trinajstić information content (AvgIpc) is 2.85. The van der Waals surface area contributed by atoms with Gasteiger partial charge in [0.25, 0.3) is 5.91 Å². The number of hydrogen-bond acceptors (Lipinski definition) is 5. The maximum absolute atomic E-state index is 13.4. The average molecular weight is 450 g/mol. The highest BCUT2D eigenvalue weighted by atomic mass is 19.1. The van der Waals surface area contributed by atoms with Crippen molar-refractivity contribution >= 4 is 5.91 Å². The van der Waals surface area contributed by atoms with E-state index in [0.29, 0.717) is 16.8 Å². The predicted molar refractivity (Wildman–Crippen MR) is 125 cm³/mol. The van der Waals surface area contributed by atoms with Gasteiger partial charge in [-0.05, 0) is 43.2 Å². The zero-order chi connectivity index (χ0) is 23.2. The predicted octanol–water partition coefficient (Wildman–Crippen LogP) is 4.30. The molecule has 0 spiro atoms. The molecule has 1 N–H and O–H groups in total. The van der Waals surface area contributed by atoms with Crippen molar-refractivity contribution in [3.05, 3.63) is 77.7 Å². The third-order valence-electron chi connectivity index (χ3n) is 5.95. The first-order valence-electron chi connectivity index (χ1n) is 11.0. The van der Waals surface area contributed by atoms with E-state index in [1.165, 1.54) is 12.1 Å². The number of aromatic nitrogens is 1. The van der Waals surface area contributed by atoms with Gasteiger partial charge < -0.3 is 14.8 Å². The molecule has 4 rings (SSSR count). The SMILES string of the molecule is COc1cccc(CN2CCC(NC(=O)c3ccc(-c4cccc(F)c4)nc3)CC2)c1OC. The van der Waals surface area contributed by atoms with Crippen LogP contribution in [0.15, 0.2) is 60.8 Å². The summed E-state index contributed by atoms with van der Waals surface area (Å²) in [5, 5.41) is 3.12. The molecule has 1 aromatic heterocycles. The number of halogens is 1. The molecule has 3 aromatic rings. The van der Waals surface area contributed by atoms with Crippen LogP contribution >= 0.6 is 0 Å². The summed E-state index contributed by atoms with van der Waals surface area (Å²) in [6.45, 7) is 2.52. The van der Waals surface area contributed by atoms with Crippen LogP contribution < -0.4 is 14.8 Å². The molecule has 6 nitrogen and oxygen atoms in total. The summed E-state index contributed by atoms with van der Waals surface area (Å²) in [6, 6.07) is 15.8. The lowest BCUT2D eigenvalue weighted by atomic mass is 10.0. The quantitative estimate of drug-likeness (QED) is 0.583. The Morgan fingerprint density at radius 1 is 1.09 bits per heavy atom. The van der Waals surface area contributed by atoms with Gasteiger partial charge in [0.15, 0.2) is 11.5 Å². The number of para-hydroxylation sites is 1. The third kappa shape index (κ3) is 5.49. The van der Waals surface area contributed by atoms with E-state index in [1.807, 2.05) is 12.1 Å². The molecule has 1 fully saturated rings. The topological polar surface area (TPSA) is 63.7 Å². The summed E-state index contributed by atoms with van der Waals surface area (Å²) < 4.78 is 24.4. The van der Waals surface area contributed by atoms with Crippen molar-refractivity contribution < 1.29 is 18.7 Å². The highest BCUT2D eigenvalue weighted by molar-refractivity contribution is 5.94. The van der Waals surface area contributed by atoms with Gasteiger partial charge in [0.2, 0.25) is 0 Å². The molecule has 172 valence electrons. The molecule has 1 amide bonds. The van der Waals surface area contributed by atoms with Gasteiger partial charge in [0.1, 0.15) is 5.82 Å². The van der Waals surface area contributed by atoms with E-state index in [2.05, 4.69) is 21.3 Å². The van der Waals surface area contributed by atoms with Crippen molar-refractivity contribution in [1.29, 1.82) is 0 Å². The van der Waals surface area contributed by atoms with Gasteiger partial charge in [-0.25, -0.2) is 4.39 Å². The first-order chi connectivity index (χ1) is 16.1. The number of likely N-dealkylation sites (tertiary alicyclic amines) is 1. The number of pyridine rings is 1. The van der Waals surface area contributed by atoms with Crippen molar-refractivity contribution in [3.63, 3.8) is 0 Å². The number of amides is 1. The zero-order valence-electron chi connectivity index (χ0n) is 18.9. The molecule has 0 aliphatic carbocycles. The van der Waals surface area contributed by atoms with Crippen LogP contribution in [0.2, 0.25) is 0 Å². The lowest BCUT2D eigenvalue weighted by molar-refractivity contribution is 0.0908. The Morgan fingerprint density at radius 2 is 1.88 bits per heavy atom. The molecule has 0 radical (unpaired) electrons. The van der Waals surface area contributed by atoms with Crippen molar-refractivity contribution in [2.24, 2.45) is 0 Å². The Labute approximate surface area is 193 Å². The molecule has 0 atom stereocenters. The number of benzene rings is 2. The van der Waals surface area contributed by atoms with Crippen molar-refractivity contribution in [3.8, 4) is 22.8 Å². The Bertz CT molecular complexity index is 1100. The highest BCUT2D eigenvalue weighted by Crippen LogP contribution is 2.32. The summed E-state index contributed by atoms with van der Waals surface area (Å²) in [4.78, 5) is 19.4. The number of rotatable bonds is 7. The maximum atomic E-state index is 13.4. The molecule has 7 heteroatoms. The van der Waals surface area contributed by atoms with Crippen LogP contribution in [0.3, 0.4) is 0 Å². The monoisotopic (exact) mass is 449 g/mol. The summed E-state index contributed by atoms with van der Waals surface area (Å²) in [5.74, 6) is 1.05. The number of nitrogens with zero attached hydrogens (tertiary/aromatic N) is 2. The van der Waals surface area contributed by atoms with Crippen molar-refractivity contribution in [2.75, 3.05) is 27.3 Å². The normalized spacial score (nSPS) is 14.6. The molecule has 33 heavy (non-hydrogen) atoms. The number of piperidine rings is 1. The van der Waals surface area contributed by atoms with E-state index in [1.54, 1.807) is 44.7 Å². The number of carbonyl (C=O) groups is 1. The maximum Gasteiger partial charge on any atom is 0.253 e. The molecule has 0 bridgehead atoms. The third-order valence-corrected chi connectivity index (χ3v) is 5.95. The van der Waals surface area contributed by atoms with Crippen LogP contribution in [0.25, 0.3) is 11.3 Å². The first kappa shape index (κ1) is 22.7. The number of carbonyl (C=O) groups excluding carboxylic acids is 1. The fourth-order valence-corrected chi connectivity index (χ4v) is 4.17. The van der Waals surface area contributed by atoms with Crippen LogP contribution in [0.1, 0.15) is 28.8 Å². The Morgan fingerprint density at radius 3 is 2.55 bits per heavy atom. The smallest absolute Gasteiger partial charge is 0.253 e. The van der Waals surface area contributed by atoms with Gasteiger partial charge in [-0.2, -0.15) is 0 Å². The minimum atomic E-state index is -0.313. The second kappa shape index (κ2) is 10.4. The van der Waals surface area contributed by atoms with Crippen molar-refractivity contribution in [1.82, 2.24) is 15.2 Å². The van der Waals surface area contributed by atoms with E-state index in [-0.39, 0.29) is 17.8 Å². The van der Waals surface area contributed by atoms with Gasteiger partial charge >= 0.3 is 0 Å². The number of ether oxygens (including phenoxy) is 2. The molecule has 0 unspecified atom stereocenters. The fourth-order valence-electron chi connectivity index (χ4n) is 4.17. The summed E-state index contributed by atoms with van der Waals surface area (Å²) in [6.07, 6.45) is 3.28. The van der Waals surface area contributed by atoms with E-state index in [0.717, 1.165) is 49.5 Å². The minimum Gasteiger partial charge on any atom is -0.493 e. The lowest BCUT2D eigenvalue weighted by Gasteiger charge is -2.32. The summed E-state index contributed by atoms with van der Waals surface area (Å²) in [7, 11) is 3.29. The minimum absolute atomic E-state index is 0.115. The van der Waals surface area contributed by atoms with E-state index < -0.39 is 0 Å². The second-order valence-electron chi connectivity index (χ2n) is 8.12. The van der Waals surface area contributed by atoms with Crippen LogP contribution in [-0.4, -0.2) is 49.1 Å². The van der Waals surface area contributed by atoms with Crippen LogP contribution in [0, 0.1) is 5.82 Å². The van der Waals surface area contributed by atoms with Crippen LogP contribution in [0.5, 0.6) is 11.5 Å². The van der Waals surface area contributed by atoms with Gasteiger partial charge in [0, 0.05) is 43.0 Å². The molecule has 0 saturated carbocycles. The molecule has 2 heterocycles. The van der Waals surface area contributed by atoms with Gasteiger partial charge in [-0.15, -0.1) is 0 Å². The lowest BCUT2D eigenvalue weighted by Crippen LogP contribution is -2.44. The largest absolute Gasteiger partial charge is 0.493 e. The molecular weight excluding hydrogens is 421 g/mol. The van der Waals surface area contributed by atoms with Gasteiger partial charge in [-0.1, -0.05) is 24.3 Å². The van der Waals surface area contributed by atoms with Crippen molar-refractivity contribution in [2.45, 2.75) is 25.4 Å². The Balaban J connectivity index is 1.31.